The van der Waals surface area contributed by atoms with Gasteiger partial charge in [0.1, 0.15) is 0 Å². The summed E-state index contributed by atoms with van der Waals surface area (Å²) in [5, 5.41) is 3.63. The number of benzene rings is 2. The number of hydrogen-bond acceptors (Lipinski definition) is 4. The van der Waals surface area contributed by atoms with E-state index in [1.807, 2.05) is 43.8 Å². The number of carbonyl (C=O) groups is 1. The highest BCUT2D eigenvalue weighted by Gasteiger charge is 2.20. The van der Waals surface area contributed by atoms with Gasteiger partial charge in [-0.25, -0.2) is 8.42 Å². The molecule has 0 saturated heterocycles. The van der Waals surface area contributed by atoms with Crippen LogP contribution in [0.1, 0.15) is 59.2 Å². The number of anilines is 1. The van der Waals surface area contributed by atoms with Crippen LogP contribution in [0.3, 0.4) is 0 Å². The molecule has 7 heteroatoms. The zero-order valence-electron chi connectivity index (χ0n) is 18.5. The molecule has 0 bridgehead atoms. The first-order valence-corrected chi connectivity index (χ1v) is 13.4. The third kappa shape index (κ3) is 6.50. The lowest BCUT2D eigenvalue weighted by Gasteiger charge is -2.20. The Hall–Kier alpha value is -1.99. The molecule has 0 radical (unpaired) electrons. The van der Waals surface area contributed by atoms with E-state index in [1.165, 1.54) is 38.2 Å². The molecule has 0 aromatic heterocycles. The lowest BCUT2D eigenvalue weighted by Crippen LogP contribution is -2.27. The fraction of sp³-hybridized carbons (Fsp3) is 0.458. The topological polar surface area (TPSA) is 75.3 Å². The van der Waals surface area contributed by atoms with E-state index >= 15 is 0 Å². The summed E-state index contributed by atoms with van der Waals surface area (Å²) in [6, 6.07) is 10.5. The first-order chi connectivity index (χ1) is 14.8. The molecular weight excluding hydrogens is 428 g/mol. The minimum atomic E-state index is -3.81. The molecule has 5 nitrogen and oxygen atoms in total. The fourth-order valence-corrected chi connectivity index (χ4v) is 6.41. The molecule has 1 fully saturated rings. The van der Waals surface area contributed by atoms with Gasteiger partial charge < -0.3 is 5.32 Å². The Labute approximate surface area is 190 Å². The number of hydrogen-bond donors (Lipinski definition) is 2. The summed E-state index contributed by atoms with van der Waals surface area (Å²) in [6.45, 7) is 6.09. The van der Waals surface area contributed by atoms with Crippen molar-refractivity contribution in [2.24, 2.45) is 0 Å². The van der Waals surface area contributed by atoms with Gasteiger partial charge in [0.25, 0.3) is 15.9 Å². The van der Waals surface area contributed by atoms with Crippen LogP contribution in [0.25, 0.3) is 0 Å². The number of sulfonamides is 1. The van der Waals surface area contributed by atoms with E-state index in [4.69, 9.17) is 0 Å². The number of amides is 1. The van der Waals surface area contributed by atoms with Crippen LogP contribution in [0.5, 0.6) is 0 Å². The van der Waals surface area contributed by atoms with Crippen molar-refractivity contribution < 1.29 is 13.2 Å². The van der Waals surface area contributed by atoms with E-state index in [0.717, 1.165) is 16.9 Å². The summed E-state index contributed by atoms with van der Waals surface area (Å²) in [5.41, 5.74) is 3.32. The minimum Gasteiger partial charge on any atom is -0.351 e. The maximum atomic E-state index is 13.1. The smallest absolute Gasteiger partial charge is 0.262 e. The van der Waals surface area contributed by atoms with Crippen LogP contribution in [-0.4, -0.2) is 31.9 Å². The molecule has 0 spiro atoms. The van der Waals surface area contributed by atoms with Crippen LogP contribution in [0.15, 0.2) is 41.3 Å². The van der Waals surface area contributed by atoms with Crippen LogP contribution in [0, 0.1) is 20.8 Å². The van der Waals surface area contributed by atoms with Crippen molar-refractivity contribution in [1.82, 2.24) is 5.32 Å². The summed E-state index contributed by atoms with van der Waals surface area (Å²) in [7, 11) is -3.81. The molecule has 1 saturated carbocycles. The minimum absolute atomic E-state index is 0.123. The zero-order chi connectivity index (χ0) is 22.4. The summed E-state index contributed by atoms with van der Waals surface area (Å²) >= 11 is 1.93. The SMILES string of the molecule is Cc1ccc(C)c(NS(=O)(=O)c2cc(C(=O)NCCSC3CCCCC3)ccc2C)c1. The lowest BCUT2D eigenvalue weighted by molar-refractivity contribution is 0.0956. The Morgan fingerprint density at radius 1 is 1.00 bits per heavy atom. The van der Waals surface area contributed by atoms with Gasteiger partial charge in [0.05, 0.1) is 10.6 Å². The number of aryl methyl sites for hydroxylation is 3. The van der Waals surface area contributed by atoms with Crippen LogP contribution in [-0.2, 0) is 10.0 Å². The van der Waals surface area contributed by atoms with E-state index in [0.29, 0.717) is 28.6 Å². The monoisotopic (exact) mass is 460 g/mol. The van der Waals surface area contributed by atoms with Gasteiger partial charge in [-0.2, -0.15) is 11.8 Å². The normalized spacial score (nSPS) is 14.9. The van der Waals surface area contributed by atoms with Gasteiger partial charge in [-0.15, -0.1) is 0 Å². The van der Waals surface area contributed by atoms with Crippen molar-refractivity contribution in [3.63, 3.8) is 0 Å². The molecule has 1 aliphatic carbocycles. The quantitative estimate of drug-likeness (QED) is 0.531. The molecule has 0 aliphatic heterocycles. The molecule has 0 unspecified atom stereocenters. The molecule has 2 N–H and O–H groups in total. The van der Waals surface area contributed by atoms with E-state index in [2.05, 4.69) is 10.0 Å². The van der Waals surface area contributed by atoms with E-state index in [-0.39, 0.29) is 10.8 Å². The Morgan fingerprint density at radius 2 is 1.71 bits per heavy atom. The molecule has 1 aliphatic rings. The summed E-state index contributed by atoms with van der Waals surface area (Å²) in [6.07, 6.45) is 6.49. The Kier molecular flexibility index (Phi) is 8.06. The van der Waals surface area contributed by atoms with E-state index in [9.17, 15) is 13.2 Å². The van der Waals surface area contributed by atoms with Gasteiger partial charge in [0.15, 0.2) is 0 Å². The Balaban J connectivity index is 1.65. The maximum Gasteiger partial charge on any atom is 0.262 e. The summed E-state index contributed by atoms with van der Waals surface area (Å²) in [5.74, 6) is 0.633. The Bertz CT molecular complexity index is 1030. The van der Waals surface area contributed by atoms with Crippen LogP contribution < -0.4 is 10.0 Å². The number of rotatable bonds is 8. The highest BCUT2D eigenvalue weighted by molar-refractivity contribution is 7.99. The standard InChI is InChI=1S/C24H32N2O3S2/c1-17-9-10-18(2)22(15-17)26-31(28,29)23-16-20(12-11-19(23)3)24(27)25-13-14-30-21-7-5-4-6-8-21/h9-12,15-16,21,26H,4-8,13-14H2,1-3H3,(H,25,27). The zero-order valence-corrected chi connectivity index (χ0v) is 20.2. The van der Waals surface area contributed by atoms with Gasteiger partial charge in [-0.05, 0) is 68.5 Å². The second kappa shape index (κ2) is 10.6. The molecule has 0 atom stereocenters. The second-order valence-corrected chi connectivity index (χ2v) is 11.3. The number of carbonyl (C=O) groups excluding carboxylic acids is 1. The molecule has 3 rings (SSSR count). The van der Waals surface area contributed by atoms with Gasteiger partial charge in [-0.1, -0.05) is 37.5 Å². The van der Waals surface area contributed by atoms with Gasteiger partial charge in [0.2, 0.25) is 0 Å². The van der Waals surface area contributed by atoms with E-state index < -0.39 is 10.0 Å². The fourth-order valence-electron chi connectivity index (χ4n) is 3.80. The first-order valence-electron chi connectivity index (χ1n) is 10.9. The Morgan fingerprint density at radius 3 is 2.45 bits per heavy atom. The van der Waals surface area contributed by atoms with Gasteiger partial charge in [0, 0.05) is 23.1 Å². The molecule has 31 heavy (non-hydrogen) atoms. The van der Waals surface area contributed by atoms with E-state index in [1.54, 1.807) is 19.1 Å². The van der Waals surface area contributed by atoms with Crippen molar-refractivity contribution in [2.45, 2.75) is 63.0 Å². The molecule has 1 amide bonds. The van der Waals surface area contributed by atoms with Crippen molar-refractivity contribution >= 4 is 33.4 Å². The highest BCUT2D eigenvalue weighted by atomic mass is 32.2. The lowest BCUT2D eigenvalue weighted by atomic mass is 10.0. The maximum absolute atomic E-state index is 13.1. The molecule has 2 aromatic carbocycles. The highest BCUT2D eigenvalue weighted by Crippen LogP contribution is 2.28. The van der Waals surface area contributed by atoms with Crippen LogP contribution >= 0.6 is 11.8 Å². The third-order valence-corrected chi connectivity index (χ3v) is 8.56. The molecular formula is C24H32N2O3S2. The molecule has 2 aromatic rings. The first kappa shape index (κ1) is 23.7. The van der Waals surface area contributed by atoms with Crippen molar-refractivity contribution in [1.29, 1.82) is 0 Å². The predicted molar refractivity (Wildman–Crippen MR) is 130 cm³/mol. The van der Waals surface area contributed by atoms with Crippen molar-refractivity contribution in [3.05, 3.63) is 58.7 Å². The van der Waals surface area contributed by atoms with Crippen LogP contribution in [0.2, 0.25) is 0 Å². The average molecular weight is 461 g/mol. The largest absolute Gasteiger partial charge is 0.351 e. The second-order valence-electron chi connectivity index (χ2n) is 8.29. The van der Waals surface area contributed by atoms with Crippen LogP contribution in [0.4, 0.5) is 5.69 Å². The third-order valence-electron chi connectivity index (χ3n) is 5.67. The number of thioether (sulfide) groups is 1. The predicted octanol–water partition coefficient (Wildman–Crippen LogP) is 5.21. The van der Waals surface area contributed by atoms with Crippen molar-refractivity contribution in [2.75, 3.05) is 17.0 Å². The van der Waals surface area contributed by atoms with Crippen molar-refractivity contribution in [3.8, 4) is 0 Å². The summed E-state index contributed by atoms with van der Waals surface area (Å²) in [4.78, 5) is 12.7. The van der Waals surface area contributed by atoms with Gasteiger partial charge >= 0.3 is 0 Å². The summed E-state index contributed by atoms with van der Waals surface area (Å²) < 4.78 is 28.8. The average Bonchev–Trinajstić information content (AvgIpc) is 2.74. The number of nitrogens with one attached hydrogen (secondary N) is 2. The molecule has 168 valence electrons. The van der Waals surface area contributed by atoms with Gasteiger partial charge in [-0.3, -0.25) is 9.52 Å². The molecule has 0 heterocycles.